The van der Waals surface area contributed by atoms with Crippen molar-refractivity contribution in [1.29, 1.82) is 0 Å². The van der Waals surface area contributed by atoms with Crippen molar-refractivity contribution < 1.29 is 4.74 Å². The lowest BCUT2D eigenvalue weighted by molar-refractivity contribution is 0.411. The van der Waals surface area contributed by atoms with Gasteiger partial charge in [0.2, 0.25) is 0 Å². The van der Waals surface area contributed by atoms with E-state index in [0.29, 0.717) is 0 Å². The molecule has 1 unspecified atom stereocenters. The minimum absolute atomic E-state index is 0.201. The van der Waals surface area contributed by atoms with Gasteiger partial charge in [0.05, 0.1) is 13.2 Å². The van der Waals surface area contributed by atoms with Crippen molar-refractivity contribution in [2.75, 3.05) is 7.11 Å². The van der Waals surface area contributed by atoms with E-state index in [1.165, 1.54) is 0 Å². The monoisotopic (exact) mass is 278 g/mol. The zero-order chi connectivity index (χ0) is 14.8. The highest BCUT2D eigenvalue weighted by Crippen LogP contribution is 2.29. The van der Waals surface area contributed by atoms with E-state index in [1.54, 1.807) is 7.11 Å². The topological polar surface area (TPSA) is 48.1 Å². The van der Waals surface area contributed by atoms with Crippen LogP contribution < -0.4 is 10.5 Å². The number of benzene rings is 2. The second kappa shape index (κ2) is 5.54. The van der Waals surface area contributed by atoms with Gasteiger partial charge in [0.25, 0.3) is 0 Å². The molecule has 0 saturated carbocycles. The van der Waals surface area contributed by atoms with Crippen LogP contribution in [-0.2, 0) is 0 Å². The highest BCUT2D eigenvalue weighted by Gasteiger charge is 2.13. The quantitative estimate of drug-likeness (QED) is 0.796. The van der Waals surface area contributed by atoms with Gasteiger partial charge in [-0.15, -0.1) is 0 Å². The number of hydrogen-bond donors (Lipinski definition) is 1. The lowest BCUT2D eigenvalue weighted by atomic mass is 9.95. The first kappa shape index (κ1) is 13.6. The summed E-state index contributed by atoms with van der Waals surface area (Å²) in [6, 6.07) is 14.0. The molecule has 1 heterocycles. The van der Waals surface area contributed by atoms with Crippen LogP contribution in [0.4, 0.5) is 0 Å². The van der Waals surface area contributed by atoms with E-state index >= 15 is 0 Å². The van der Waals surface area contributed by atoms with Crippen LogP contribution >= 0.6 is 0 Å². The predicted octanol–water partition coefficient (Wildman–Crippen LogP) is 3.60. The highest BCUT2D eigenvalue weighted by molar-refractivity contribution is 5.85. The highest BCUT2D eigenvalue weighted by atomic mass is 16.5. The van der Waals surface area contributed by atoms with E-state index in [4.69, 9.17) is 10.5 Å². The van der Waals surface area contributed by atoms with Crippen molar-refractivity contribution in [1.82, 2.24) is 4.98 Å². The molecular weight excluding hydrogens is 260 g/mol. The van der Waals surface area contributed by atoms with Gasteiger partial charge in [-0.2, -0.15) is 0 Å². The molecule has 2 aromatic carbocycles. The standard InChI is InChI=1S/C18H18N2O/c1-12-9-13(7-8-17(12)21-2)18(19)16-11-20-10-14-5-3-4-6-15(14)16/h3-11,18H,19H2,1-2H3. The molecule has 1 aromatic heterocycles. The molecule has 2 N–H and O–H groups in total. The molecule has 0 aliphatic heterocycles. The number of hydrogen-bond acceptors (Lipinski definition) is 3. The van der Waals surface area contributed by atoms with Gasteiger partial charge >= 0.3 is 0 Å². The lowest BCUT2D eigenvalue weighted by Gasteiger charge is -2.16. The lowest BCUT2D eigenvalue weighted by Crippen LogP contribution is -2.13. The number of rotatable bonds is 3. The Balaban J connectivity index is 2.08. The van der Waals surface area contributed by atoms with Gasteiger partial charge in [0, 0.05) is 17.8 Å². The van der Waals surface area contributed by atoms with Crippen LogP contribution in [0.2, 0.25) is 0 Å². The molecule has 3 rings (SSSR count). The number of ether oxygens (including phenoxy) is 1. The molecule has 0 fully saturated rings. The van der Waals surface area contributed by atoms with Gasteiger partial charge in [-0.1, -0.05) is 36.4 Å². The average molecular weight is 278 g/mol. The fourth-order valence-corrected chi connectivity index (χ4v) is 2.66. The fourth-order valence-electron chi connectivity index (χ4n) is 2.66. The molecule has 0 bridgehead atoms. The van der Waals surface area contributed by atoms with Crippen LogP contribution in [0.3, 0.4) is 0 Å². The largest absolute Gasteiger partial charge is 0.496 e. The van der Waals surface area contributed by atoms with Crippen molar-refractivity contribution in [2.24, 2.45) is 5.73 Å². The average Bonchev–Trinajstić information content (AvgIpc) is 2.53. The van der Waals surface area contributed by atoms with E-state index in [-0.39, 0.29) is 6.04 Å². The van der Waals surface area contributed by atoms with E-state index in [0.717, 1.165) is 33.2 Å². The van der Waals surface area contributed by atoms with Crippen molar-refractivity contribution in [3.8, 4) is 5.75 Å². The number of fused-ring (bicyclic) bond motifs is 1. The summed E-state index contributed by atoms with van der Waals surface area (Å²) in [7, 11) is 1.68. The molecule has 3 aromatic rings. The number of nitrogens with two attached hydrogens (primary N) is 1. The Labute approximate surface area is 124 Å². The smallest absolute Gasteiger partial charge is 0.121 e. The normalized spacial score (nSPS) is 12.3. The first-order valence-electron chi connectivity index (χ1n) is 6.93. The molecule has 0 saturated heterocycles. The molecule has 0 radical (unpaired) electrons. The third-order valence-corrected chi connectivity index (χ3v) is 3.81. The van der Waals surface area contributed by atoms with Crippen LogP contribution in [0.5, 0.6) is 5.75 Å². The van der Waals surface area contributed by atoms with E-state index < -0.39 is 0 Å². The van der Waals surface area contributed by atoms with Crippen molar-refractivity contribution in [2.45, 2.75) is 13.0 Å². The first-order valence-corrected chi connectivity index (χ1v) is 6.93. The Morgan fingerprint density at radius 3 is 2.67 bits per heavy atom. The summed E-state index contributed by atoms with van der Waals surface area (Å²) >= 11 is 0. The molecule has 1 atom stereocenters. The first-order chi connectivity index (χ1) is 10.2. The maximum absolute atomic E-state index is 6.46. The number of nitrogens with zero attached hydrogens (tertiary/aromatic N) is 1. The molecule has 0 amide bonds. The molecule has 3 heteroatoms. The van der Waals surface area contributed by atoms with E-state index in [1.807, 2.05) is 43.6 Å². The number of aryl methyl sites for hydroxylation is 1. The van der Waals surface area contributed by atoms with Crippen molar-refractivity contribution in [3.05, 3.63) is 71.5 Å². The molecular formula is C18H18N2O. The molecule has 0 aliphatic carbocycles. The summed E-state index contributed by atoms with van der Waals surface area (Å²) in [4.78, 5) is 4.31. The third kappa shape index (κ3) is 2.48. The number of pyridine rings is 1. The maximum atomic E-state index is 6.46. The minimum atomic E-state index is -0.201. The number of methoxy groups -OCH3 is 1. The predicted molar refractivity (Wildman–Crippen MR) is 85.5 cm³/mol. The Morgan fingerprint density at radius 1 is 1.10 bits per heavy atom. The van der Waals surface area contributed by atoms with Gasteiger partial charge in [0.15, 0.2) is 0 Å². The van der Waals surface area contributed by atoms with Gasteiger partial charge in [-0.25, -0.2) is 0 Å². The SMILES string of the molecule is COc1ccc(C(N)c2cncc3ccccc23)cc1C. The molecule has 0 spiro atoms. The zero-order valence-corrected chi connectivity index (χ0v) is 12.2. The Hall–Kier alpha value is -2.39. The Bertz CT molecular complexity index is 778. The summed E-state index contributed by atoms with van der Waals surface area (Å²) in [6.45, 7) is 2.02. The number of aromatic nitrogens is 1. The van der Waals surface area contributed by atoms with Crippen LogP contribution in [-0.4, -0.2) is 12.1 Å². The van der Waals surface area contributed by atoms with Crippen LogP contribution in [0.1, 0.15) is 22.7 Å². The third-order valence-electron chi connectivity index (χ3n) is 3.81. The summed E-state index contributed by atoms with van der Waals surface area (Å²) in [6.07, 6.45) is 3.72. The molecule has 0 aliphatic rings. The van der Waals surface area contributed by atoms with E-state index in [2.05, 4.69) is 23.2 Å². The second-order valence-corrected chi connectivity index (χ2v) is 5.16. The molecule has 106 valence electrons. The van der Waals surface area contributed by atoms with Gasteiger partial charge in [-0.05, 0) is 35.1 Å². The fraction of sp³-hybridized carbons (Fsp3) is 0.167. The summed E-state index contributed by atoms with van der Waals surface area (Å²) in [5, 5.41) is 2.25. The maximum Gasteiger partial charge on any atom is 0.121 e. The Morgan fingerprint density at radius 2 is 1.90 bits per heavy atom. The van der Waals surface area contributed by atoms with Gasteiger partial charge in [0.1, 0.15) is 5.75 Å². The Kier molecular flexibility index (Phi) is 3.59. The molecule has 3 nitrogen and oxygen atoms in total. The van der Waals surface area contributed by atoms with Crippen LogP contribution in [0, 0.1) is 6.92 Å². The minimum Gasteiger partial charge on any atom is -0.496 e. The van der Waals surface area contributed by atoms with E-state index in [9.17, 15) is 0 Å². The van der Waals surface area contributed by atoms with Gasteiger partial charge < -0.3 is 10.5 Å². The second-order valence-electron chi connectivity index (χ2n) is 5.16. The molecule has 21 heavy (non-hydrogen) atoms. The van der Waals surface area contributed by atoms with Crippen molar-refractivity contribution in [3.63, 3.8) is 0 Å². The summed E-state index contributed by atoms with van der Waals surface area (Å²) in [5.74, 6) is 0.877. The summed E-state index contributed by atoms with van der Waals surface area (Å²) in [5.41, 5.74) is 9.65. The van der Waals surface area contributed by atoms with Crippen LogP contribution in [0.25, 0.3) is 10.8 Å². The van der Waals surface area contributed by atoms with Gasteiger partial charge in [-0.3, -0.25) is 4.98 Å². The van der Waals surface area contributed by atoms with Crippen molar-refractivity contribution >= 4 is 10.8 Å². The summed E-state index contributed by atoms with van der Waals surface area (Å²) < 4.78 is 5.30. The zero-order valence-electron chi connectivity index (χ0n) is 12.2. The van der Waals surface area contributed by atoms with Crippen LogP contribution in [0.15, 0.2) is 54.9 Å².